The molecule has 3 N–H and O–H groups in total. The van der Waals surface area contributed by atoms with Crippen molar-refractivity contribution in [3.05, 3.63) is 77.3 Å². The number of hydrogen-bond acceptors (Lipinski definition) is 6. The highest BCUT2D eigenvalue weighted by Crippen LogP contribution is 2.33. The van der Waals surface area contributed by atoms with Gasteiger partial charge in [-0.3, -0.25) is 10.2 Å². The van der Waals surface area contributed by atoms with Crippen LogP contribution in [-0.4, -0.2) is 33.5 Å². The lowest BCUT2D eigenvalue weighted by molar-refractivity contribution is -0.112. The van der Waals surface area contributed by atoms with E-state index < -0.39 is 5.97 Å². The molecule has 3 aromatic rings. The van der Waals surface area contributed by atoms with E-state index in [2.05, 4.69) is 15.6 Å². The van der Waals surface area contributed by atoms with Gasteiger partial charge in [0.25, 0.3) is 0 Å². The van der Waals surface area contributed by atoms with Crippen molar-refractivity contribution in [3.8, 4) is 16.9 Å². The van der Waals surface area contributed by atoms with E-state index in [1.165, 1.54) is 11.1 Å². The number of phenols is 1. The number of carboxylic acids is 1. The summed E-state index contributed by atoms with van der Waals surface area (Å²) in [7, 11) is 0. The summed E-state index contributed by atoms with van der Waals surface area (Å²) in [5.74, 6) is -1.93. The number of aromatic hydroxyl groups is 1. The van der Waals surface area contributed by atoms with Crippen LogP contribution in [0.4, 0.5) is 11.4 Å². The van der Waals surface area contributed by atoms with Crippen molar-refractivity contribution in [3.63, 3.8) is 0 Å². The fourth-order valence-corrected chi connectivity index (χ4v) is 3.34. The molecule has 0 fully saturated rings. The summed E-state index contributed by atoms with van der Waals surface area (Å²) in [6, 6.07) is 18.1. The SMILES string of the molecule is CC1=NN(c2ccc(Cl)cc2)C(=O)C1=NNc1cccc(-c2cccc(C(=O)O)c2O)c1. The number of anilines is 2. The minimum Gasteiger partial charge on any atom is -0.506 e. The van der Waals surface area contributed by atoms with Gasteiger partial charge in [-0.15, -0.1) is 0 Å². The van der Waals surface area contributed by atoms with Gasteiger partial charge in [0, 0.05) is 10.6 Å². The predicted molar refractivity (Wildman–Crippen MR) is 124 cm³/mol. The molecule has 0 bridgehead atoms. The van der Waals surface area contributed by atoms with Gasteiger partial charge in [-0.2, -0.15) is 15.2 Å². The summed E-state index contributed by atoms with van der Waals surface area (Å²) in [6.45, 7) is 1.68. The summed E-state index contributed by atoms with van der Waals surface area (Å²) >= 11 is 5.90. The molecule has 0 saturated carbocycles. The Morgan fingerprint density at radius 2 is 1.81 bits per heavy atom. The maximum atomic E-state index is 12.8. The maximum absolute atomic E-state index is 12.8. The fourth-order valence-electron chi connectivity index (χ4n) is 3.21. The minimum absolute atomic E-state index is 0.154. The molecule has 0 atom stereocenters. The molecule has 9 heteroatoms. The Kier molecular flexibility index (Phi) is 5.61. The number of para-hydroxylation sites is 1. The van der Waals surface area contributed by atoms with Crippen molar-refractivity contribution in [2.24, 2.45) is 10.2 Å². The van der Waals surface area contributed by atoms with Gasteiger partial charge in [-0.1, -0.05) is 35.9 Å². The van der Waals surface area contributed by atoms with Crippen LogP contribution < -0.4 is 10.4 Å². The number of carbonyl (C=O) groups is 2. The number of amides is 1. The Labute approximate surface area is 188 Å². The van der Waals surface area contributed by atoms with E-state index >= 15 is 0 Å². The van der Waals surface area contributed by atoms with E-state index in [0.29, 0.717) is 33.2 Å². The van der Waals surface area contributed by atoms with Gasteiger partial charge in [0.15, 0.2) is 5.71 Å². The number of hydrazone groups is 2. The molecule has 0 aromatic heterocycles. The summed E-state index contributed by atoms with van der Waals surface area (Å²) in [5.41, 5.74) is 5.31. The predicted octanol–water partition coefficient (Wildman–Crippen LogP) is 4.60. The van der Waals surface area contributed by atoms with Crippen LogP contribution >= 0.6 is 11.6 Å². The summed E-state index contributed by atoms with van der Waals surface area (Å²) in [5, 5.41) is 29.8. The van der Waals surface area contributed by atoms with Gasteiger partial charge in [-0.25, -0.2) is 4.79 Å². The second-order valence-corrected chi connectivity index (χ2v) is 7.38. The molecule has 1 aliphatic rings. The normalized spacial score (nSPS) is 14.6. The largest absolute Gasteiger partial charge is 0.506 e. The minimum atomic E-state index is -1.22. The fraction of sp³-hybridized carbons (Fsp3) is 0.0435. The molecule has 3 aromatic carbocycles. The van der Waals surface area contributed by atoms with Crippen molar-refractivity contribution < 1.29 is 19.8 Å². The number of benzene rings is 3. The van der Waals surface area contributed by atoms with Crippen LogP contribution in [0.2, 0.25) is 5.02 Å². The smallest absolute Gasteiger partial charge is 0.339 e. The van der Waals surface area contributed by atoms with E-state index in [0.717, 1.165) is 0 Å². The topological polar surface area (TPSA) is 115 Å². The van der Waals surface area contributed by atoms with Crippen LogP contribution in [0.5, 0.6) is 5.75 Å². The molecule has 1 aliphatic heterocycles. The first-order chi connectivity index (χ1) is 15.3. The van der Waals surface area contributed by atoms with Crippen molar-refractivity contribution in [2.45, 2.75) is 6.92 Å². The van der Waals surface area contributed by atoms with Crippen LogP contribution in [0.15, 0.2) is 76.9 Å². The Hall–Kier alpha value is -4.17. The van der Waals surface area contributed by atoms with Crippen molar-refractivity contribution in [1.29, 1.82) is 0 Å². The molecule has 0 unspecified atom stereocenters. The third-order valence-electron chi connectivity index (χ3n) is 4.80. The van der Waals surface area contributed by atoms with Gasteiger partial charge in [-0.05, 0) is 55.0 Å². The Bertz CT molecular complexity index is 1290. The van der Waals surface area contributed by atoms with Crippen molar-refractivity contribution >= 4 is 46.3 Å². The Morgan fingerprint density at radius 3 is 2.53 bits per heavy atom. The molecule has 0 radical (unpaired) electrons. The van der Waals surface area contributed by atoms with Gasteiger partial charge >= 0.3 is 11.9 Å². The lowest BCUT2D eigenvalue weighted by Gasteiger charge is -2.11. The molecular weight excluding hydrogens is 432 g/mol. The lowest BCUT2D eigenvalue weighted by atomic mass is 10.0. The quantitative estimate of drug-likeness (QED) is 0.493. The zero-order valence-corrected chi connectivity index (χ0v) is 17.5. The molecule has 8 nitrogen and oxygen atoms in total. The van der Waals surface area contributed by atoms with Gasteiger partial charge < -0.3 is 10.2 Å². The highest BCUT2D eigenvalue weighted by Gasteiger charge is 2.30. The van der Waals surface area contributed by atoms with E-state index in [1.807, 2.05) is 0 Å². The van der Waals surface area contributed by atoms with E-state index in [1.54, 1.807) is 67.6 Å². The number of rotatable bonds is 5. The average Bonchev–Trinajstić information content (AvgIpc) is 3.06. The molecule has 160 valence electrons. The molecule has 1 amide bonds. The second-order valence-electron chi connectivity index (χ2n) is 6.94. The molecule has 4 rings (SSSR count). The van der Waals surface area contributed by atoms with Crippen molar-refractivity contribution in [2.75, 3.05) is 10.4 Å². The van der Waals surface area contributed by atoms with Crippen LogP contribution in [0, 0.1) is 0 Å². The van der Waals surface area contributed by atoms with Crippen LogP contribution in [0.3, 0.4) is 0 Å². The van der Waals surface area contributed by atoms with E-state index in [9.17, 15) is 19.8 Å². The molecule has 0 saturated heterocycles. The number of hydrogen-bond donors (Lipinski definition) is 3. The van der Waals surface area contributed by atoms with Crippen molar-refractivity contribution in [1.82, 2.24) is 0 Å². The zero-order valence-electron chi connectivity index (χ0n) is 16.8. The van der Waals surface area contributed by atoms with Crippen LogP contribution in [-0.2, 0) is 4.79 Å². The Balaban J connectivity index is 1.58. The first kappa shape index (κ1) is 21.1. The van der Waals surface area contributed by atoms with Crippen LogP contribution in [0.25, 0.3) is 11.1 Å². The molecule has 0 spiro atoms. The zero-order chi connectivity index (χ0) is 22.8. The van der Waals surface area contributed by atoms with Gasteiger partial charge in [0.05, 0.1) is 17.1 Å². The number of halogens is 1. The highest BCUT2D eigenvalue weighted by molar-refractivity contribution is 6.71. The average molecular weight is 449 g/mol. The van der Waals surface area contributed by atoms with Crippen LogP contribution in [0.1, 0.15) is 17.3 Å². The first-order valence-corrected chi connectivity index (χ1v) is 9.88. The van der Waals surface area contributed by atoms with Gasteiger partial charge in [0.2, 0.25) is 0 Å². The summed E-state index contributed by atoms with van der Waals surface area (Å²) < 4.78 is 0. The van der Waals surface area contributed by atoms with E-state index in [4.69, 9.17) is 11.6 Å². The molecular formula is C23H17ClN4O4. The number of nitrogens with one attached hydrogen (secondary N) is 1. The second kappa shape index (κ2) is 8.52. The maximum Gasteiger partial charge on any atom is 0.339 e. The number of carboxylic acid groups (broad SMARTS) is 1. The molecule has 1 heterocycles. The molecule has 32 heavy (non-hydrogen) atoms. The lowest BCUT2D eigenvalue weighted by Crippen LogP contribution is -2.27. The number of nitrogens with zero attached hydrogens (tertiary/aromatic N) is 3. The third-order valence-corrected chi connectivity index (χ3v) is 5.05. The Morgan fingerprint density at radius 1 is 1.09 bits per heavy atom. The monoisotopic (exact) mass is 448 g/mol. The summed E-state index contributed by atoms with van der Waals surface area (Å²) in [6.07, 6.45) is 0. The number of carbonyl (C=O) groups excluding carboxylic acids is 1. The highest BCUT2D eigenvalue weighted by atomic mass is 35.5. The third kappa shape index (κ3) is 4.03. The first-order valence-electron chi connectivity index (χ1n) is 9.50. The van der Waals surface area contributed by atoms with E-state index in [-0.39, 0.29) is 22.9 Å². The van der Waals surface area contributed by atoms with Gasteiger partial charge in [0.1, 0.15) is 11.3 Å². The standard InChI is InChI=1S/C23H17ClN4O4/c1-13-20(22(30)28(27-13)17-10-8-15(24)9-11-17)26-25-16-5-2-4-14(12-16)18-6-3-7-19(21(18)29)23(31)32/h2-12,25,29H,1H3,(H,31,32). The number of aromatic carboxylic acids is 1. The molecule has 0 aliphatic carbocycles. The summed E-state index contributed by atoms with van der Waals surface area (Å²) in [4.78, 5) is 24.1.